The van der Waals surface area contributed by atoms with Crippen molar-refractivity contribution in [2.75, 3.05) is 33.8 Å². The first-order valence-electron chi connectivity index (χ1n) is 10.2. The fraction of sp³-hybridized carbons (Fsp3) is 0.652. The van der Waals surface area contributed by atoms with Crippen LogP contribution in [0.1, 0.15) is 53.9 Å². The van der Waals surface area contributed by atoms with Crippen LogP contribution in [-0.4, -0.2) is 50.2 Å². The Kier molecular flexibility index (Phi) is 8.68. The summed E-state index contributed by atoms with van der Waals surface area (Å²) in [6, 6.07) is 8.98. The van der Waals surface area contributed by atoms with Crippen LogP contribution in [0.15, 0.2) is 30.3 Å². The first-order valence-corrected chi connectivity index (χ1v) is 10.2. The number of hydrogen-bond acceptors (Lipinski definition) is 4. The van der Waals surface area contributed by atoms with E-state index < -0.39 is 10.8 Å². The van der Waals surface area contributed by atoms with Crippen LogP contribution in [-0.2, 0) is 14.3 Å². The van der Waals surface area contributed by atoms with Gasteiger partial charge in [-0.05, 0) is 52.7 Å². The molecule has 0 aliphatic carbocycles. The Hall–Kier alpha value is -1.88. The van der Waals surface area contributed by atoms with Crippen molar-refractivity contribution in [3.63, 3.8) is 0 Å². The summed E-state index contributed by atoms with van der Waals surface area (Å²) in [4.78, 5) is 25.2. The zero-order valence-corrected chi connectivity index (χ0v) is 18.7. The Labute approximate surface area is 170 Å². The fourth-order valence-corrected chi connectivity index (χ4v) is 3.26. The third kappa shape index (κ3) is 8.01. The summed E-state index contributed by atoms with van der Waals surface area (Å²) in [5.74, 6) is -0.117. The van der Waals surface area contributed by atoms with E-state index in [1.165, 1.54) is 0 Å². The third-order valence-electron chi connectivity index (χ3n) is 4.99. The van der Waals surface area contributed by atoms with E-state index in [-0.39, 0.29) is 11.9 Å². The summed E-state index contributed by atoms with van der Waals surface area (Å²) in [6.45, 7) is 11.7. The van der Waals surface area contributed by atoms with Crippen LogP contribution in [0.2, 0.25) is 0 Å². The summed E-state index contributed by atoms with van der Waals surface area (Å²) < 4.78 is 11.9. The van der Waals surface area contributed by atoms with Gasteiger partial charge in [-0.3, -0.25) is 9.59 Å². The second kappa shape index (κ2) is 10.1. The van der Waals surface area contributed by atoms with Gasteiger partial charge in [0.25, 0.3) is 0 Å². The number of carbonyl (C=O) groups excluding carboxylic acids is 2. The molecule has 0 fully saturated rings. The molecule has 0 aromatic heterocycles. The first-order chi connectivity index (χ1) is 12.9. The molecule has 5 nitrogen and oxygen atoms in total. The van der Waals surface area contributed by atoms with Crippen LogP contribution in [0.5, 0.6) is 5.75 Å². The van der Waals surface area contributed by atoms with Gasteiger partial charge in [-0.15, -0.1) is 0 Å². The SMILES string of the molecule is CCCC[N+](C)(C)CCOC(=O)C(C)(C)CC(C)(C)C(=O)Oc1ccccc1. The molecule has 0 radical (unpaired) electrons. The summed E-state index contributed by atoms with van der Waals surface area (Å²) in [5, 5.41) is 0. The second-order valence-corrected chi connectivity index (χ2v) is 9.52. The minimum absolute atomic E-state index is 0.274. The predicted octanol–water partition coefficient (Wildman–Crippen LogP) is 4.45. The van der Waals surface area contributed by atoms with Crippen LogP contribution in [0.25, 0.3) is 0 Å². The molecule has 0 heterocycles. The molecule has 1 aromatic rings. The lowest BCUT2D eigenvalue weighted by atomic mass is 9.75. The highest BCUT2D eigenvalue weighted by atomic mass is 16.5. The number of hydrogen-bond donors (Lipinski definition) is 0. The maximum Gasteiger partial charge on any atom is 0.316 e. The van der Waals surface area contributed by atoms with Crippen molar-refractivity contribution >= 4 is 11.9 Å². The Morgan fingerprint density at radius 3 is 2.07 bits per heavy atom. The van der Waals surface area contributed by atoms with Crippen molar-refractivity contribution in [2.45, 2.75) is 53.9 Å². The van der Waals surface area contributed by atoms with E-state index in [0.717, 1.165) is 30.4 Å². The highest BCUT2D eigenvalue weighted by Crippen LogP contribution is 2.36. The van der Waals surface area contributed by atoms with Gasteiger partial charge in [0.1, 0.15) is 18.9 Å². The second-order valence-electron chi connectivity index (χ2n) is 9.52. The number of carbonyl (C=O) groups is 2. The molecule has 0 N–H and O–H groups in total. The van der Waals surface area contributed by atoms with Gasteiger partial charge in [0.2, 0.25) is 0 Å². The number of rotatable bonds is 11. The molecule has 0 atom stereocenters. The Morgan fingerprint density at radius 2 is 1.50 bits per heavy atom. The van der Waals surface area contributed by atoms with Gasteiger partial charge in [-0.25, -0.2) is 0 Å². The van der Waals surface area contributed by atoms with Gasteiger partial charge in [0.15, 0.2) is 0 Å². The van der Waals surface area contributed by atoms with Crippen molar-refractivity contribution in [3.8, 4) is 5.75 Å². The largest absolute Gasteiger partial charge is 0.459 e. The van der Waals surface area contributed by atoms with E-state index in [2.05, 4.69) is 21.0 Å². The number of para-hydroxylation sites is 1. The van der Waals surface area contributed by atoms with Crippen LogP contribution < -0.4 is 4.74 Å². The predicted molar refractivity (Wildman–Crippen MR) is 112 cm³/mol. The van der Waals surface area contributed by atoms with E-state index in [0.29, 0.717) is 18.8 Å². The lowest BCUT2D eigenvalue weighted by Gasteiger charge is -2.33. The number of ether oxygens (including phenoxy) is 2. The fourth-order valence-electron chi connectivity index (χ4n) is 3.26. The molecule has 0 saturated carbocycles. The molecular weight excluding hydrogens is 354 g/mol. The molecule has 0 aliphatic rings. The number of nitrogens with zero attached hydrogens (tertiary/aromatic N) is 1. The van der Waals surface area contributed by atoms with Crippen molar-refractivity contribution in [2.24, 2.45) is 10.8 Å². The van der Waals surface area contributed by atoms with E-state index in [9.17, 15) is 9.59 Å². The van der Waals surface area contributed by atoms with Gasteiger partial charge in [0, 0.05) is 0 Å². The average molecular weight is 393 g/mol. The molecular formula is C23H38NO4+. The molecule has 0 unspecified atom stereocenters. The first kappa shape index (κ1) is 24.2. The van der Waals surface area contributed by atoms with Crippen molar-refractivity contribution < 1.29 is 23.5 Å². The van der Waals surface area contributed by atoms with Crippen molar-refractivity contribution in [1.82, 2.24) is 0 Å². The lowest BCUT2D eigenvalue weighted by Crippen LogP contribution is -2.44. The van der Waals surface area contributed by atoms with Crippen molar-refractivity contribution in [1.29, 1.82) is 0 Å². The summed E-state index contributed by atoms with van der Waals surface area (Å²) in [6.07, 6.45) is 2.66. The quantitative estimate of drug-likeness (QED) is 0.317. The van der Waals surface area contributed by atoms with Gasteiger partial charge in [0.05, 0.1) is 31.5 Å². The molecule has 0 saturated heterocycles. The molecule has 0 bridgehead atoms. The molecule has 158 valence electrons. The number of unbranched alkanes of at least 4 members (excludes halogenated alkanes) is 1. The standard InChI is InChI=1S/C23H38NO4/c1-8-9-15-24(6,7)16-17-27-20(25)22(2,3)18-23(4,5)21(26)28-19-13-11-10-12-14-19/h10-14H,8-9,15-18H2,1-7H3/q+1. The van der Waals surface area contributed by atoms with Gasteiger partial charge in [-0.1, -0.05) is 31.5 Å². The average Bonchev–Trinajstić information content (AvgIpc) is 2.59. The smallest absolute Gasteiger partial charge is 0.316 e. The zero-order valence-electron chi connectivity index (χ0n) is 18.7. The van der Waals surface area contributed by atoms with E-state index in [1.54, 1.807) is 26.0 Å². The summed E-state index contributed by atoms with van der Waals surface area (Å²) in [5.41, 5.74) is -1.59. The minimum atomic E-state index is -0.811. The van der Waals surface area contributed by atoms with Crippen LogP contribution in [0.3, 0.4) is 0 Å². The van der Waals surface area contributed by atoms with Gasteiger partial charge < -0.3 is 14.0 Å². The maximum atomic E-state index is 12.6. The van der Waals surface area contributed by atoms with Gasteiger partial charge >= 0.3 is 11.9 Å². The van der Waals surface area contributed by atoms with Crippen LogP contribution in [0.4, 0.5) is 0 Å². The summed E-state index contributed by atoms with van der Waals surface area (Å²) in [7, 11) is 4.30. The molecule has 28 heavy (non-hydrogen) atoms. The monoisotopic (exact) mass is 392 g/mol. The van der Waals surface area contributed by atoms with Crippen molar-refractivity contribution in [3.05, 3.63) is 30.3 Å². The Balaban J connectivity index is 2.59. The van der Waals surface area contributed by atoms with Crippen LogP contribution >= 0.6 is 0 Å². The molecule has 1 rings (SSSR count). The Bertz CT molecular complexity index is 635. The molecule has 0 aliphatic heterocycles. The third-order valence-corrected chi connectivity index (χ3v) is 4.99. The molecule has 1 aromatic carbocycles. The number of esters is 2. The highest BCUT2D eigenvalue weighted by Gasteiger charge is 2.41. The zero-order chi connectivity index (χ0) is 21.4. The minimum Gasteiger partial charge on any atom is -0.459 e. The van der Waals surface area contributed by atoms with E-state index >= 15 is 0 Å². The topological polar surface area (TPSA) is 52.6 Å². The Morgan fingerprint density at radius 1 is 0.929 bits per heavy atom. The van der Waals surface area contributed by atoms with E-state index in [1.807, 2.05) is 32.0 Å². The van der Waals surface area contributed by atoms with Crippen LogP contribution in [0, 0.1) is 10.8 Å². The number of likely N-dealkylation sites (N-methyl/N-ethyl adjacent to an activating group) is 1. The highest BCUT2D eigenvalue weighted by molar-refractivity contribution is 5.81. The maximum absolute atomic E-state index is 12.6. The lowest BCUT2D eigenvalue weighted by molar-refractivity contribution is -0.890. The molecule has 0 amide bonds. The van der Waals surface area contributed by atoms with E-state index in [4.69, 9.17) is 9.47 Å². The normalized spacial score (nSPS) is 12.5. The number of benzene rings is 1. The van der Waals surface area contributed by atoms with Gasteiger partial charge in [-0.2, -0.15) is 0 Å². The number of quaternary nitrogens is 1. The molecule has 5 heteroatoms. The summed E-state index contributed by atoms with van der Waals surface area (Å²) >= 11 is 0. The molecule has 0 spiro atoms.